The van der Waals surface area contributed by atoms with E-state index in [1.165, 1.54) is 26.5 Å². The third kappa shape index (κ3) is 8.69. The molecule has 0 bridgehead atoms. The van der Waals surface area contributed by atoms with E-state index in [0.29, 0.717) is 38.1 Å². The highest BCUT2D eigenvalue weighted by Crippen LogP contribution is 2.67. The molecule has 65 heavy (non-hydrogen) atoms. The zero-order valence-electron chi connectivity index (χ0n) is 38.5. The van der Waals surface area contributed by atoms with E-state index < -0.39 is 129 Å². The molecule has 0 aromatic heterocycles. The van der Waals surface area contributed by atoms with Gasteiger partial charge >= 0.3 is 5.97 Å². The molecule has 0 aromatic carbocycles. The van der Waals surface area contributed by atoms with Crippen molar-refractivity contribution in [1.29, 1.82) is 0 Å². The van der Waals surface area contributed by atoms with Crippen LogP contribution in [-0.2, 0) is 47.5 Å². The van der Waals surface area contributed by atoms with E-state index in [2.05, 4.69) is 32.2 Å². The Morgan fingerprint density at radius 1 is 0.785 bits per heavy atom. The first-order chi connectivity index (χ1) is 30.7. The van der Waals surface area contributed by atoms with Crippen LogP contribution < -0.4 is 5.32 Å². The molecule has 4 saturated heterocycles. The number of aliphatic hydroxyl groups excluding tert-OH is 8. The first kappa shape index (κ1) is 49.7. The number of hydrogen-bond donors (Lipinski definition) is 9. The summed E-state index contributed by atoms with van der Waals surface area (Å²) >= 11 is 0. The molecule has 3 saturated carbocycles. The van der Waals surface area contributed by atoms with E-state index in [4.69, 9.17) is 37.9 Å². The molecule has 0 unspecified atom stereocenters. The zero-order valence-corrected chi connectivity index (χ0v) is 38.5. The predicted molar refractivity (Wildman–Crippen MR) is 224 cm³/mol. The maximum absolute atomic E-state index is 13.8. The molecule has 7 fully saturated rings. The molecule has 19 nitrogen and oxygen atoms in total. The van der Waals surface area contributed by atoms with Gasteiger partial charge in [0.1, 0.15) is 72.9 Å². The Morgan fingerprint density at radius 3 is 1.98 bits per heavy atom. The second-order valence-electron chi connectivity index (χ2n) is 21.1. The number of ketones is 1. The van der Waals surface area contributed by atoms with Crippen molar-refractivity contribution in [2.45, 2.75) is 203 Å². The quantitative estimate of drug-likeness (QED) is 0.0936. The SMILES string of the molecule is CO[C@@]1(C(=O)O[C@H]2C[C@H]3[C@@H]4CC=C5C[C@@H](O[C@@H]6O[C@H](CO)[C@@H](O[C@@H]7O[C@@H](C)[C@H](O)[C@@H](O)[C@H]7O)[C@H](O)[C@H]6O[C@@H]6O[C@@H](C)[C@H](O)[C@@H](O)[C@H]6O)CC[C@]5(C)[C@H]4CC[C@]3(C)[C@H]2C(C)=O)C[C@H](C)CN1. The number of aliphatic hydroxyl groups is 8. The van der Waals surface area contributed by atoms with Crippen LogP contribution >= 0.6 is 0 Å². The Hall–Kier alpha value is -1.76. The first-order valence-corrected chi connectivity index (χ1v) is 23.7. The standard InChI is InChI=1S/C46H73NO18/c1-19-16-46(58-7,47-17-19)43(57)63-28-15-27-25-9-8-23-14-24(10-12-44(23,5)26(25)11-13-45(27,6)30(28)20(2)49)61-42-39(65-41-36(55)34(53)32(51)22(4)60-41)37(56)38(29(18-48)62-42)64-40-35(54)33(52)31(50)21(3)59-40/h8,19,21-22,24-42,47-48,50-56H,9-18H2,1-7H3/t19-,21-,22-,24-,25+,26-,27-,28-,29+,30-,31-,32-,33+,34+,35+,36+,37-,38+,39+,40-,41-,42+,44-,45-,46+/m0/s1. The fraction of sp³-hybridized carbons (Fsp3) is 0.913. The second-order valence-corrected chi connectivity index (χ2v) is 21.1. The van der Waals surface area contributed by atoms with Gasteiger partial charge in [0.25, 0.3) is 0 Å². The average molecular weight is 928 g/mol. The highest BCUT2D eigenvalue weighted by Gasteiger charge is 2.64. The summed E-state index contributed by atoms with van der Waals surface area (Å²) in [4.78, 5) is 27.3. The van der Waals surface area contributed by atoms with Crippen molar-refractivity contribution in [2.75, 3.05) is 20.3 Å². The molecule has 8 aliphatic rings. The number of Topliss-reactive ketones (excluding diaryl/α,β-unsaturated/α-hetero) is 1. The van der Waals surface area contributed by atoms with Gasteiger partial charge in [-0.15, -0.1) is 0 Å². The summed E-state index contributed by atoms with van der Waals surface area (Å²) < 4.78 is 48.5. The first-order valence-electron chi connectivity index (χ1n) is 23.7. The molecule has 9 N–H and O–H groups in total. The van der Waals surface area contributed by atoms with E-state index in [1.54, 1.807) is 6.92 Å². The van der Waals surface area contributed by atoms with Gasteiger partial charge in [0.05, 0.1) is 30.8 Å². The highest BCUT2D eigenvalue weighted by atomic mass is 16.8. The van der Waals surface area contributed by atoms with Crippen molar-refractivity contribution in [2.24, 2.45) is 40.4 Å². The molecule has 8 rings (SSSR count). The number of carbonyl (C=O) groups excluding carboxylic acids is 2. The number of esters is 1. The van der Waals surface area contributed by atoms with E-state index in [9.17, 15) is 50.4 Å². The monoisotopic (exact) mass is 927 g/mol. The molecule has 0 aromatic rings. The maximum Gasteiger partial charge on any atom is 0.354 e. The summed E-state index contributed by atoms with van der Waals surface area (Å²) in [7, 11) is 1.51. The summed E-state index contributed by atoms with van der Waals surface area (Å²) in [5.41, 5.74) is -0.561. The van der Waals surface area contributed by atoms with Gasteiger partial charge in [-0.1, -0.05) is 32.4 Å². The number of ether oxygens (including phenoxy) is 8. The molecular formula is C46H73NO18. The van der Waals surface area contributed by atoms with Crippen LogP contribution in [0.25, 0.3) is 0 Å². The van der Waals surface area contributed by atoms with Gasteiger partial charge in [0.15, 0.2) is 18.9 Å². The Kier molecular flexibility index (Phi) is 14.4. The average Bonchev–Trinajstić information content (AvgIpc) is 3.81. The minimum absolute atomic E-state index is 0.0287. The predicted octanol–water partition coefficient (Wildman–Crippen LogP) is -0.463. The van der Waals surface area contributed by atoms with Crippen LogP contribution in [0.4, 0.5) is 0 Å². The van der Waals surface area contributed by atoms with Crippen LogP contribution in [0.3, 0.4) is 0 Å². The number of carbonyl (C=O) groups is 2. The molecular weight excluding hydrogens is 854 g/mol. The lowest BCUT2D eigenvalue weighted by molar-refractivity contribution is -0.388. The number of fused-ring (bicyclic) bond motifs is 5. The van der Waals surface area contributed by atoms with E-state index >= 15 is 0 Å². The van der Waals surface area contributed by atoms with Gasteiger partial charge in [0.2, 0.25) is 5.72 Å². The van der Waals surface area contributed by atoms with Crippen molar-refractivity contribution in [3.05, 3.63) is 11.6 Å². The summed E-state index contributed by atoms with van der Waals surface area (Å²) in [6.07, 6.45) is -15.4. The van der Waals surface area contributed by atoms with Gasteiger partial charge in [-0.05, 0) is 100 Å². The van der Waals surface area contributed by atoms with Crippen molar-refractivity contribution in [1.82, 2.24) is 5.32 Å². The van der Waals surface area contributed by atoms with E-state index in [0.717, 1.165) is 25.7 Å². The fourth-order valence-corrected chi connectivity index (χ4v) is 13.4. The largest absolute Gasteiger partial charge is 0.458 e. The van der Waals surface area contributed by atoms with Crippen LogP contribution in [0.5, 0.6) is 0 Å². The Balaban J connectivity index is 0.999. The number of rotatable bonds is 11. The third-order valence-corrected chi connectivity index (χ3v) is 17.1. The Bertz CT molecular complexity index is 1760. The van der Waals surface area contributed by atoms with Gasteiger partial charge in [-0.3, -0.25) is 10.1 Å². The van der Waals surface area contributed by atoms with Gasteiger partial charge < -0.3 is 78.7 Å². The molecule has 19 heteroatoms. The van der Waals surface area contributed by atoms with Crippen molar-refractivity contribution >= 4 is 11.8 Å². The smallest absolute Gasteiger partial charge is 0.354 e. The number of allylic oxidation sites excluding steroid dienone is 1. The van der Waals surface area contributed by atoms with E-state index in [-0.39, 0.29) is 34.4 Å². The minimum Gasteiger partial charge on any atom is -0.458 e. The van der Waals surface area contributed by atoms with Crippen molar-refractivity contribution < 1.29 is 88.3 Å². The molecule has 4 aliphatic carbocycles. The van der Waals surface area contributed by atoms with Crippen LogP contribution in [0, 0.1) is 40.4 Å². The van der Waals surface area contributed by atoms with Crippen molar-refractivity contribution in [3.63, 3.8) is 0 Å². The third-order valence-electron chi connectivity index (χ3n) is 17.1. The lowest BCUT2D eigenvalue weighted by Crippen LogP contribution is -2.66. The summed E-state index contributed by atoms with van der Waals surface area (Å²) in [5, 5.41) is 89.2. The Morgan fingerprint density at radius 2 is 1.42 bits per heavy atom. The Labute approximate surface area is 380 Å². The maximum atomic E-state index is 13.8. The number of hydrogen-bond acceptors (Lipinski definition) is 19. The normalized spacial score (nSPS) is 53.4. The minimum atomic E-state index is -1.75. The number of nitrogens with one attached hydrogen (secondary N) is 1. The summed E-state index contributed by atoms with van der Waals surface area (Å²) in [5.74, 6) is 0.0493. The lowest BCUT2D eigenvalue weighted by Gasteiger charge is -2.58. The fourth-order valence-electron chi connectivity index (χ4n) is 13.4. The van der Waals surface area contributed by atoms with Gasteiger partial charge in [-0.2, -0.15) is 0 Å². The van der Waals surface area contributed by atoms with Gasteiger partial charge in [0, 0.05) is 20.1 Å². The van der Waals surface area contributed by atoms with Crippen LogP contribution in [0.1, 0.15) is 92.9 Å². The molecule has 4 heterocycles. The number of methoxy groups -OCH3 is 1. The zero-order chi connectivity index (χ0) is 47.1. The summed E-state index contributed by atoms with van der Waals surface area (Å²) in [6, 6.07) is 0. The molecule has 0 radical (unpaired) electrons. The molecule has 0 spiro atoms. The molecule has 4 aliphatic heterocycles. The molecule has 0 amide bonds. The molecule has 25 atom stereocenters. The summed E-state index contributed by atoms with van der Waals surface area (Å²) in [6.45, 7) is 11.1. The highest BCUT2D eigenvalue weighted by molar-refractivity contribution is 5.83. The van der Waals surface area contributed by atoms with Crippen LogP contribution in [0.15, 0.2) is 11.6 Å². The lowest BCUT2D eigenvalue weighted by atomic mass is 9.47. The van der Waals surface area contributed by atoms with E-state index in [1.807, 2.05) is 0 Å². The van der Waals surface area contributed by atoms with Crippen molar-refractivity contribution in [3.8, 4) is 0 Å². The molecule has 370 valence electrons. The second kappa shape index (κ2) is 18.9. The van der Waals surface area contributed by atoms with Crippen LogP contribution in [-0.4, -0.2) is 183 Å². The topological polar surface area (TPSA) is 282 Å². The van der Waals surface area contributed by atoms with Crippen LogP contribution in [0.2, 0.25) is 0 Å². The van der Waals surface area contributed by atoms with Gasteiger partial charge in [-0.25, -0.2) is 4.79 Å².